The first-order valence-electron chi connectivity index (χ1n) is 7.88. The number of aryl methyl sites for hydroxylation is 2. The minimum atomic E-state index is -0.0872. The van der Waals surface area contributed by atoms with Gasteiger partial charge in [-0.15, -0.1) is 16.4 Å². The van der Waals surface area contributed by atoms with Gasteiger partial charge in [0, 0.05) is 21.0 Å². The van der Waals surface area contributed by atoms with Gasteiger partial charge in [-0.25, -0.2) is 4.68 Å². The summed E-state index contributed by atoms with van der Waals surface area (Å²) in [7, 11) is 0. The topological polar surface area (TPSA) is 72.7 Å². The number of hydrogen-bond acceptors (Lipinski definition) is 5. The van der Waals surface area contributed by atoms with Gasteiger partial charge in [-0.2, -0.15) is 0 Å². The van der Waals surface area contributed by atoms with Crippen LogP contribution in [0.2, 0.25) is 0 Å². The number of tetrazole rings is 1. The minimum Gasteiger partial charge on any atom is -0.322 e. The zero-order valence-electron chi connectivity index (χ0n) is 13.5. The van der Waals surface area contributed by atoms with Crippen molar-refractivity contribution in [2.45, 2.75) is 32.7 Å². The molecule has 24 heavy (non-hydrogen) atoms. The lowest BCUT2D eigenvalue weighted by Crippen LogP contribution is -2.12. The maximum atomic E-state index is 12.5. The number of anilines is 1. The van der Waals surface area contributed by atoms with Crippen LogP contribution in [0.5, 0.6) is 0 Å². The molecule has 2 heterocycles. The standard InChI is InChI=1S/C17H17N5OS/c1-10-8-15(11(2)24-10)17(23)18-13-5-3-4-12(9-13)16-19-20-21-22(16)14-6-7-14/h3-5,8-9,14H,6-7H2,1-2H3,(H,18,23). The molecule has 1 fully saturated rings. The summed E-state index contributed by atoms with van der Waals surface area (Å²) in [5.41, 5.74) is 2.37. The lowest BCUT2D eigenvalue weighted by atomic mass is 10.1. The van der Waals surface area contributed by atoms with Gasteiger partial charge in [0.05, 0.1) is 11.6 Å². The second-order valence-corrected chi connectivity index (χ2v) is 7.50. The van der Waals surface area contributed by atoms with Gasteiger partial charge in [-0.3, -0.25) is 4.79 Å². The number of amides is 1. The molecule has 0 radical (unpaired) electrons. The molecule has 0 unspecified atom stereocenters. The van der Waals surface area contributed by atoms with E-state index in [4.69, 9.17) is 0 Å². The van der Waals surface area contributed by atoms with E-state index in [0.29, 0.717) is 6.04 Å². The van der Waals surface area contributed by atoms with E-state index in [1.165, 1.54) is 0 Å². The van der Waals surface area contributed by atoms with Crippen molar-refractivity contribution in [3.05, 3.63) is 45.6 Å². The number of carbonyl (C=O) groups excluding carboxylic acids is 1. The lowest BCUT2D eigenvalue weighted by molar-refractivity contribution is 0.102. The molecule has 7 heteroatoms. The van der Waals surface area contributed by atoms with E-state index < -0.39 is 0 Å². The summed E-state index contributed by atoms with van der Waals surface area (Å²) in [5.74, 6) is 0.659. The number of rotatable bonds is 4. The SMILES string of the molecule is Cc1cc(C(=O)Nc2cccc(-c3nnnn3C3CC3)c2)c(C)s1. The van der Waals surface area contributed by atoms with Gasteiger partial charge in [0.2, 0.25) is 0 Å². The van der Waals surface area contributed by atoms with Crippen molar-refractivity contribution in [3.8, 4) is 11.4 Å². The zero-order valence-corrected chi connectivity index (χ0v) is 14.3. The Kier molecular flexibility index (Phi) is 3.65. The van der Waals surface area contributed by atoms with E-state index >= 15 is 0 Å². The van der Waals surface area contributed by atoms with E-state index in [-0.39, 0.29) is 5.91 Å². The van der Waals surface area contributed by atoms with Gasteiger partial charge < -0.3 is 5.32 Å². The molecule has 2 aromatic heterocycles. The summed E-state index contributed by atoms with van der Waals surface area (Å²) >= 11 is 1.63. The van der Waals surface area contributed by atoms with Crippen molar-refractivity contribution in [2.75, 3.05) is 5.32 Å². The van der Waals surface area contributed by atoms with Crippen molar-refractivity contribution in [3.63, 3.8) is 0 Å². The molecule has 1 saturated carbocycles. The highest BCUT2D eigenvalue weighted by molar-refractivity contribution is 7.12. The van der Waals surface area contributed by atoms with Crippen LogP contribution in [-0.2, 0) is 0 Å². The molecule has 1 amide bonds. The Morgan fingerprint density at radius 1 is 1.29 bits per heavy atom. The Morgan fingerprint density at radius 2 is 2.12 bits per heavy atom. The Labute approximate surface area is 143 Å². The first-order chi connectivity index (χ1) is 11.6. The minimum absolute atomic E-state index is 0.0872. The predicted molar refractivity (Wildman–Crippen MR) is 93.3 cm³/mol. The molecular weight excluding hydrogens is 322 g/mol. The molecule has 0 bridgehead atoms. The van der Waals surface area contributed by atoms with E-state index in [0.717, 1.165) is 45.2 Å². The highest BCUT2D eigenvalue weighted by atomic mass is 32.1. The van der Waals surface area contributed by atoms with Crippen LogP contribution in [0.1, 0.15) is 39.0 Å². The number of thiophene rings is 1. The predicted octanol–water partition coefficient (Wildman–Crippen LogP) is 3.61. The second-order valence-electron chi connectivity index (χ2n) is 6.04. The Morgan fingerprint density at radius 3 is 2.83 bits per heavy atom. The molecule has 3 aromatic rings. The Bertz CT molecular complexity index is 909. The van der Waals surface area contributed by atoms with Crippen molar-refractivity contribution in [1.82, 2.24) is 20.2 Å². The molecule has 122 valence electrons. The van der Waals surface area contributed by atoms with Crippen LogP contribution >= 0.6 is 11.3 Å². The fraction of sp³-hybridized carbons (Fsp3) is 0.294. The molecule has 0 spiro atoms. The molecule has 0 atom stereocenters. The molecular formula is C17H17N5OS. The summed E-state index contributed by atoms with van der Waals surface area (Å²) in [6.07, 6.45) is 2.23. The van der Waals surface area contributed by atoms with Gasteiger partial charge in [0.1, 0.15) is 0 Å². The average Bonchev–Trinajstić information content (AvgIpc) is 3.18. The number of aromatic nitrogens is 4. The zero-order chi connectivity index (χ0) is 16.7. The highest BCUT2D eigenvalue weighted by Crippen LogP contribution is 2.36. The molecule has 0 saturated heterocycles. The first-order valence-corrected chi connectivity index (χ1v) is 8.70. The number of nitrogens with one attached hydrogen (secondary N) is 1. The second kappa shape index (κ2) is 5.83. The van der Waals surface area contributed by atoms with Crippen LogP contribution in [0.4, 0.5) is 5.69 Å². The van der Waals surface area contributed by atoms with Gasteiger partial charge in [0.15, 0.2) is 5.82 Å². The fourth-order valence-electron chi connectivity index (χ4n) is 2.74. The van der Waals surface area contributed by atoms with Crippen LogP contribution in [-0.4, -0.2) is 26.1 Å². The fourth-order valence-corrected chi connectivity index (χ4v) is 3.66. The number of nitrogens with zero attached hydrogens (tertiary/aromatic N) is 4. The van der Waals surface area contributed by atoms with Crippen LogP contribution in [0, 0.1) is 13.8 Å². The van der Waals surface area contributed by atoms with Gasteiger partial charge >= 0.3 is 0 Å². The number of benzene rings is 1. The van der Waals surface area contributed by atoms with Gasteiger partial charge in [0.25, 0.3) is 5.91 Å². The third-order valence-electron chi connectivity index (χ3n) is 4.05. The van der Waals surface area contributed by atoms with E-state index in [9.17, 15) is 4.79 Å². The van der Waals surface area contributed by atoms with Crippen LogP contribution in [0.25, 0.3) is 11.4 Å². The van der Waals surface area contributed by atoms with Crippen molar-refractivity contribution in [2.24, 2.45) is 0 Å². The smallest absolute Gasteiger partial charge is 0.256 e. The van der Waals surface area contributed by atoms with Crippen molar-refractivity contribution < 1.29 is 4.79 Å². The van der Waals surface area contributed by atoms with Crippen molar-refractivity contribution >= 4 is 22.9 Å². The van der Waals surface area contributed by atoms with E-state index in [1.54, 1.807) is 11.3 Å². The Balaban J connectivity index is 1.60. The molecule has 1 N–H and O–H groups in total. The van der Waals surface area contributed by atoms with Crippen LogP contribution in [0.15, 0.2) is 30.3 Å². The Hall–Kier alpha value is -2.54. The molecule has 4 rings (SSSR count). The summed E-state index contributed by atoms with van der Waals surface area (Å²) in [5, 5.41) is 15.0. The maximum absolute atomic E-state index is 12.5. The number of carbonyl (C=O) groups is 1. The largest absolute Gasteiger partial charge is 0.322 e. The summed E-state index contributed by atoms with van der Waals surface area (Å²) < 4.78 is 1.87. The monoisotopic (exact) mass is 339 g/mol. The molecule has 6 nitrogen and oxygen atoms in total. The normalized spacial score (nSPS) is 13.9. The quantitative estimate of drug-likeness (QED) is 0.788. The summed E-state index contributed by atoms with van der Waals surface area (Å²) in [6.45, 7) is 3.97. The molecule has 1 aliphatic rings. The third-order valence-corrected chi connectivity index (χ3v) is 5.02. The maximum Gasteiger partial charge on any atom is 0.256 e. The summed E-state index contributed by atoms with van der Waals surface area (Å²) in [4.78, 5) is 14.6. The van der Waals surface area contributed by atoms with Gasteiger partial charge in [-0.1, -0.05) is 12.1 Å². The van der Waals surface area contributed by atoms with E-state index in [1.807, 2.05) is 48.9 Å². The first kappa shape index (κ1) is 15.0. The molecule has 0 aliphatic heterocycles. The molecule has 1 aromatic carbocycles. The summed E-state index contributed by atoms with van der Waals surface area (Å²) in [6, 6.07) is 9.98. The van der Waals surface area contributed by atoms with Crippen LogP contribution < -0.4 is 5.32 Å². The molecule has 1 aliphatic carbocycles. The van der Waals surface area contributed by atoms with E-state index in [2.05, 4.69) is 20.8 Å². The lowest BCUT2D eigenvalue weighted by Gasteiger charge is -2.07. The van der Waals surface area contributed by atoms with Crippen molar-refractivity contribution in [1.29, 1.82) is 0 Å². The third kappa shape index (κ3) is 2.82. The number of hydrogen-bond donors (Lipinski definition) is 1. The average molecular weight is 339 g/mol. The van der Waals surface area contributed by atoms with Gasteiger partial charge in [-0.05, 0) is 55.3 Å². The van der Waals surface area contributed by atoms with Crippen LogP contribution in [0.3, 0.4) is 0 Å². The highest BCUT2D eigenvalue weighted by Gasteiger charge is 2.28.